The molecule has 0 amide bonds. The van der Waals surface area contributed by atoms with Gasteiger partial charge in [0.15, 0.2) is 5.96 Å². The Labute approximate surface area is 202 Å². The van der Waals surface area contributed by atoms with Crippen molar-refractivity contribution in [1.29, 1.82) is 0 Å². The van der Waals surface area contributed by atoms with E-state index in [4.69, 9.17) is 9.47 Å². The van der Waals surface area contributed by atoms with Gasteiger partial charge in [-0.2, -0.15) is 0 Å². The Balaban J connectivity index is 0.00000341. The molecule has 7 heteroatoms. The van der Waals surface area contributed by atoms with Crippen molar-refractivity contribution in [3.63, 3.8) is 0 Å². The Morgan fingerprint density at radius 3 is 2.42 bits per heavy atom. The van der Waals surface area contributed by atoms with E-state index in [9.17, 15) is 4.79 Å². The van der Waals surface area contributed by atoms with Crippen LogP contribution in [0.1, 0.15) is 23.6 Å². The van der Waals surface area contributed by atoms with Crippen molar-refractivity contribution in [2.45, 2.75) is 26.7 Å². The molecular formula is C24H32IN3O3. The number of esters is 1. The second kappa shape index (κ2) is 12.7. The van der Waals surface area contributed by atoms with E-state index in [0.717, 1.165) is 23.6 Å². The zero-order chi connectivity index (χ0) is 21.3. The van der Waals surface area contributed by atoms with E-state index in [1.165, 1.54) is 12.7 Å². The van der Waals surface area contributed by atoms with Crippen LogP contribution in [0.4, 0.5) is 0 Å². The molecule has 1 heterocycles. The number of hydrogen-bond acceptors (Lipinski definition) is 4. The minimum Gasteiger partial charge on any atom is -0.469 e. The maximum Gasteiger partial charge on any atom is 0.310 e. The van der Waals surface area contributed by atoms with Crippen LogP contribution in [0.15, 0.2) is 59.6 Å². The molecule has 3 rings (SSSR count). The van der Waals surface area contributed by atoms with Crippen LogP contribution in [-0.4, -0.2) is 44.1 Å². The van der Waals surface area contributed by atoms with Crippen LogP contribution in [0, 0.1) is 11.8 Å². The summed E-state index contributed by atoms with van der Waals surface area (Å²) in [5, 5.41) is 3.44. The second-order valence-corrected chi connectivity index (χ2v) is 7.66. The summed E-state index contributed by atoms with van der Waals surface area (Å²) in [5.74, 6) is 0.761. The van der Waals surface area contributed by atoms with Gasteiger partial charge >= 0.3 is 5.97 Å². The summed E-state index contributed by atoms with van der Waals surface area (Å²) in [4.78, 5) is 18.5. The SMILES string of the molecule is CN=C(NCc1ccccc1COCc1ccccc1)N1CC(C)C(C(=O)OC)C1.I. The summed E-state index contributed by atoms with van der Waals surface area (Å²) in [5.41, 5.74) is 3.49. The fourth-order valence-corrected chi connectivity index (χ4v) is 3.83. The highest BCUT2D eigenvalue weighted by Crippen LogP contribution is 2.24. The lowest BCUT2D eigenvalue weighted by Gasteiger charge is -2.22. The molecule has 2 aromatic carbocycles. The minimum atomic E-state index is -0.152. The summed E-state index contributed by atoms with van der Waals surface area (Å²) >= 11 is 0. The van der Waals surface area contributed by atoms with Gasteiger partial charge in [-0.05, 0) is 22.6 Å². The quantitative estimate of drug-likeness (QED) is 0.252. The molecule has 2 unspecified atom stereocenters. The third kappa shape index (κ3) is 6.93. The van der Waals surface area contributed by atoms with E-state index in [-0.39, 0.29) is 41.8 Å². The van der Waals surface area contributed by atoms with Gasteiger partial charge in [0, 0.05) is 26.7 Å². The molecule has 2 atom stereocenters. The average molecular weight is 537 g/mol. The van der Waals surface area contributed by atoms with Gasteiger partial charge in [0.2, 0.25) is 0 Å². The predicted octanol–water partition coefficient (Wildman–Crippen LogP) is 3.84. The third-order valence-corrected chi connectivity index (χ3v) is 5.55. The molecule has 0 radical (unpaired) electrons. The lowest BCUT2D eigenvalue weighted by Crippen LogP contribution is -2.40. The summed E-state index contributed by atoms with van der Waals surface area (Å²) in [6.07, 6.45) is 0. The molecule has 1 N–H and O–H groups in total. The lowest BCUT2D eigenvalue weighted by atomic mass is 9.99. The zero-order valence-electron chi connectivity index (χ0n) is 18.4. The van der Waals surface area contributed by atoms with Crippen molar-refractivity contribution in [3.05, 3.63) is 71.3 Å². The van der Waals surface area contributed by atoms with Crippen LogP contribution in [0.5, 0.6) is 0 Å². The molecule has 0 saturated carbocycles. The number of carbonyl (C=O) groups is 1. The second-order valence-electron chi connectivity index (χ2n) is 7.66. The number of nitrogens with zero attached hydrogens (tertiary/aromatic N) is 2. The molecule has 1 aliphatic rings. The van der Waals surface area contributed by atoms with Crippen molar-refractivity contribution in [2.75, 3.05) is 27.2 Å². The van der Waals surface area contributed by atoms with Gasteiger partial charge in [0.1, 0.15) is 0 Å². The van der Waals surface area contributed by atoms with Gasteiger partial charge in [-0.1, -0.05) is 61.5 Å². The zero-order valence-corrected chi connectivity index (χ0v) is 20.7. The van der Waals surface area contributed by atoms with Crippen LogP contribution in [0.2, 0.25) is 0 Å². The summed E-state index contributed by atoms with van der Waals surface area (Å²) in [6.45, 7) is 5.26. The lowest BCUT2D eigenvalue weighted by molar-refractivity contribution is -0.145. The fourth-order valence-electron chi connectivity index (χ4n) is 3.83. The number of aliphatic imine (C=N–C) groups is 1. The molecule has 0 bridgehead atoms. The highest BCUT2D eigenvalue weighted by molar-refractivity contribution is 14.0. The van der Waals surface area contributed by atoms with E-state index in [1.54, 1.807) is 7.05 Å². The van der Waals surface area contributed by atoms with E-state index in [2.05, 4.69) is 46.4 Å². The topological polar surface area (TPSA) is 63.2 Å². The molecule has 31 heavy (non-hydrogen) atoms. The highest BCUT2D eigenvalue weighted by Gasteiger charge is 2.36. The maximum absolute atomic E-state index is 12.0. The molecule has 6 nitrogen and oxygen atoms in total. The molecule has 1 fully saturated rings. The Morgan fingerprint density at radius 2 is 1.74 bits per heavy atom. The number of guanidine groups is 1. The first-order chi connectivity index (χ1) is 14.6. The van der Waals surface area contributed by atoms with Gasteiger partial charge in [0.05, 0.1) is 26.2 Å². The molecule has 168 valence electrons. The summed E-state index contributed by atoms with van der Waals surface area (Å²) in [6, 6.07) is 18.4. The monoisotopic (exact) mass is 537 g/mol. The molecule has 0 aliphatic carbocycles. The first kappa shape index (κ1) is 25.1. The number of hydrogen-bond donors (Lipinski definition) is 1. The number of nitrogens with one attached hydrogen (secondary N) is 1. The summed E-state index contributed by atoms with van der Waals surface area (Å²) in [7, 11) is 3.22. The number of rotatable bonds is 7. The van der Waals surface area contributed by atoms with Crippen LogP contribution >= 0.6 is 24.0 Å². The smallest absolute Gasteiger partial charge is 0.310 e. The number of likely N-dealkylation sites (tertiary alicyclic amines) is 1. The minimum absolute atomic E-state index is 0. The Hall–Kier alpha value is -2.13. The normalized spacial score (nSPS) is 18.4. The molecule has 0 aromatic heterocycles. The largest absolute Gasteiger partial charge is 0.469 e. The van der Waals surface area contributed by atoms with Crippen LogP contribution in [0.3, 0.4) is 0 Å². The number of carbonyl (C=O) groups excluding carboxylic acids is 1. The standard InChI is InChI=1S/C24H31N3O3.HI/c1-18-14-27(15-22(18)23(28)29-3)24(25-2)26-13-20-11-7-8-12-21(20)17-30-16-19-9-5-4-6-10-19;/h4-12,18,22H,13-17H2,1-3H3,(H,25,26);1H. The van der Waals surface area contributed by atoms with Crippen molar-refractivity contribution >= 4 is 35.9 Å². The first-order valence-corrected chi connectivity index (χ1v) is 10.3. The van der Waals surface area contributed by atoms with E-state index >= 15 is 0 Å². The number of benzene rings is 2. The van der Waals surface area contributed by atoms with Crippen molar-refractivity contribution in [1.82, 2.24) is 10.2 Å². The molecule has 1 saturated heterocycles. The highest BCUT2D eigenvalue weighted by atomic mass is 127. The van der Waals surface area contributed by atoms with Crippen molar-refractivity contribution in [3.8, 4) is 0 Å². The van der Waals surface area contributed by atoms with Crippen molar-refractivity contribution < 1.29 is 14.3 Å². The van der Waals surface area contributed by atoms with E-state index < -0.39 is 0 Å². The Bertz CT molecular complexity index is 860. The molecular weight excluding hydrogens is 505 g/mol. The van der Waals surface area contributed by atoms with Gasteiger partial charge in [-0.3, -0.25) is 9.79 Å². The Morgan fingerprint density at radius 1 is 1.06 bits per heavy atom. The van der Waals surface area contributed by atoms with Gasteiger partial charge < -0.3 is 19.7 Å². The van der Waals surface area contributed by atoms with Gasteiger partial charge in [-0.25, -0.2) is 0 Å². The fraction of sp³-hybridized carbons (Fsp3) is 0.417. The molecule has 1 aliphatic heterocycles. The predicted molar refractivity (Wildman–Crippen MR) is 133 cm³/mol. The van der Waals surface area contributed by atoms with Crippen LogP contribution in [0.25, 0.3) is 0 Å². The molecule has 2 aromatic rings. The Kier molecular flexibility index (Phi) is 10.3. The van der Waals surface area contributed by atoms with Crippen LogP contribution in [-0.2, 0) is 34.0 Å². The van der Waals surface area contributed by atoms with Crippen molar-refractivity contribution in [2.24, 2.45) is 16.8 Å². The summed E-state index contributed by atoms with van der Waals surface area (Å²) < 4.78 is 10.9. The van der Waals surface area contributed by atoms with Gasteiger partial charge in [-0.15, -0.1) is 24.0 Å². The van der Waals surface area contributed by atoms with Crippen LogP contribution < -0.4 is 5.32 Å². The first-order valence-electron chi connectivity index (χ1n) is 10.3. The number of ether oxygens (including phenoxy) is 2. The maximum atomic E-state index is 12.0. The van der Waals surface area contributed by atoms with E-state index in [0.29, 0.717) is 26.3 Å². The average Bonchev–Trinajstić information content (AvgIpc) is 3.16. The van der Waals surface area contributed by atoms with E-state index in [1.807, 2.05) is 30.3 Å². The number of methoxy groups -OCH3 is 1. The number of halogens is 1. The van der Waals surface area contributed by atoms with Gasteiger partial charge in [0.25, 0.3) is 0 Å². The third-order valence-electron chi connectivity index (χ3n) is 5.55. The molecule has 0 spiro atoms.